The molecule has 1 aromatic heterocycles. The zero-order valence-electron chi connectivity index (χ0n) is 11.4. The van der Waals surface area contributed by atoms with Gasteiger partial charge < -0.3 is 20.5 Å². The second kappa shape index (κ2) is 6.68. The molecule has 0 aliphatic carbocycles. The molecular formula is C13H22N4O2. The fourth-order valence-electron chi connectivity index (χ4n) is 2.10. The van der Waals surface area contributed by atoms with Gasteiger partial charge in [0.15, 0.2) is 0 Å². The van der Waals surface area contributed by atoms with Gasteiger partial charge >= 0.3 is 0 Å². The standard InChI is InChI=1S/C13H22N4O2/c1-2-5-19-12-9-15-8-11(16-12)17-13(10-14)3-6-18-7-4-13/h8-9H,2-7,10,14H2,1H3,(H,16,17). The van der Waals surface area contributed by atoms with Crippen molar-refractivity contribution in [1.82, 2.24) is 9.97 Å². The minimum Gasteiger partial charge on any atom is -0.477 e. The number of rotatable bonds is 6. The van der Waals surface area contributed by atoms with E-state index in [4.69, 9.17) is 15.2 Å². The van der Waals surface area contributed by atoms with Crippen LogP contribution in [-0.2, 0) is 4.74 Å². The van der Waals surface area contributed by atoms with Crippen LogP contribution in [0.3, 0.4) is 0 Å². The molecule has 0 atom stereocenters. The summed E-state index contributed by atoms with van der Waals surface area (Å²) in [6.07, 6.45) is 6.03. The average Bonchev–Trinajstić information content (AvgIpc) is 2.46. The summed E-state index contributed by atoms with van der Waals surface area (Å²) in [4.78, 5) is 8.55. The summed E-state index contributed by atoms with van der Waals surface area (Å²) < 4.78 is 10.9. The Morgan fingerprint density at radius 3 is 2.89 bits per heavy atom. The lowest BCUT2D eigenvalue weighted by molar-refractivity contribution is 0.0626. The van der Waals surface area contributed by atoms with Crippen LogP contribution in [0.15, 0.2) is 12.4 Å². The maximum absolute atomic E-state index is 5.91. The first-order valence-electron chi connectivity index (χ1n) is 6.79. The van der Waals surface area contributed by atoms with Crippen molar-refractivity contribution in [2.45, 2.75) is 31.7 Å². The summed E-state index contributed by atoms with van der Waals surface area (Å²) in [5.41, 5.74) is 5.76. The number of hydrogen-bond donors (Lipinski definition) is 2. The molecule has 3 N–H and O–H groups in total. The molecule has 0 amide bonds. The maximum Gasteiger partial charge on any atom is 0.234 e. The normalized spacial score (nSPS) is 18.0. The highest BCUT2D eigenvalue weighted by Gasteiger charge is 2.31. The number of aromatic nitrogens is 2. The van der Waals surface area contributed by atoms with Crippen LogP contribution in [0, 0.1) is 0 Å². The van der Waals surface area contributed by atoms with Crippen LogP contribution in [0.5, 0.6) is 5.88 Å². The van der Waals surface area contributed by atoms with Gasteiger partial charge in [-0.25, -0.2) is 0 Å². The Morgan fingerprint density at radius 1 is 1.42 bits per heavy atom. The smallest absolute Gasteiger partial charge is 0.234 e. The molecule has 0 aromatic carbocycles. The number of nitrogens with two attached hydrogens (primary N) is 1. The van der Waals surface area contributed by atoms with Crippen molar-refractivity contribution >= 4 is 5.82 Å². The Bertz CT molecular complexity index is 394. The van der Waals surface area contributed by atoms with Crippen molar-refractivity contribution in [1.29, 1.82) is 0 Å². The number of nitrogens with one attached hydrogen (secondary N) is 1. The molecule has 1 fully saturated rings. The summed E-state index contributed by atoms with van der Waals surface area (Å²) in [5, 5.41) is 3.40. The third-order valence-corrected chi connectivity index (χ3v) is 3.30. The summed E-state index contributed by atoms with van der Waals surface area (Å²) in [6, 6.07) is 0. The van der Waals surface area contributed by atoms with E-state index in [2.05, 4.69) is 22.2 Å². The van der Waals surface area contributed by atoms with Crippen LogP contribution in [-0.4, -0.2) is 41.9 Å². The van der Waals surface area contributed by atoms with E-state index in [1.54, 1.807) is 12.4 Å². The van der Waals surface area contributed by atoms with Crippen LogP contribution in [0.1, 0.15) is 26.2 Å². The fourth-order valence-corrected chi connectivity index (χ4v) is 2.10. The molecule has 106 valence electrons. The Kier molecular flexibility index (Phi) is 4.93. The number of nitrogens with zero attached hydrogens (tertiary/aromatic N) is 2. The molecule has 19 heavy (non-hydrogen) atoms. The van der Waals surface area contributed by atoms with Gasteiger partial charge in [-0.1, -0.05) is 6.92 Å². The first-order valence-corrected chi connectivity index (χ1v) is 6.79. The van der Waals surface area contributed by atoms with Crippen molar-refractivity contribution in [3.8, 4) is 5.88 Å². The lowest BCUT2D eigenvalue weighted by Gasteiger charge is -2.37. The van der Waals surface area contributed by atoms with E-state index < -0.39 is 0 Å². The van der Waals surface area contributed by atoms with Gasteiger partial charge in [0.25, 0.3) is 0 Å². The summed E-state index contributed by atoms with van der Waals surface area (Å²) in [5.74, 6) is 1.26. The highest BCUT2D eigenvalue weighted by atomic mass is 16.5. The number of hydrogen-bond acceptors (Lipinski definition) is 6. The van der Waals surface area contributed by atoms with Gasteiger partial charge in [-0.15, -0.1) is 0 Å². The molecule has 0 saturated carbocycles. The van der Waals surface area contributed by atoms with E-state index in [9.17, 15) is 0 Å². The largest absolute Gasteiger partial charge is 0.477 e. The van der Waals surface area contributed by atoms with Gasteiger partial charge in [0, 0.05) is 19.8 Å². The topological polar surface area (TPSA) is 82.3 Å². The highest BCUT2D eigenvalue weighted by molar-refractivity contribution is 5.37. The first-order chi connectivity index (χ1) is 9.28. The van der Waals surface area contributed by atoms with Gasteiger partial charge in [-0.3, -0.25) is 4.98 Å². The van der Waals surface area contributed by atoms with Gasteiger partial charge in [0.2, 0.25) is 5.88 Å². The second-order valence-corrected chi connectivity index (χ2v) is 4.81. The van der Waals surface area contributed by atoms with Crippen LogP contribution in [0.4, 0.5) is 5.82 Å². The zero-order chi connectivity index (χ0) is 13.6. The Labute approximate surface area is 113 Å². The lowest BCUT2D eigenvalue weighted by atomic mass is 9.90. The van der Waals surface area contributed by atoms with Crippen molar-refractivity contribution in [3.63, 3.8) is 0 Å². The summed E-state index contributed by atoms with van der Waals surface area (Å²) >= 11 is 0. The Morgan fingerprint density at radius 2 is 2.21 bits per heavy atom. The molecule has 1 aromatic rings. The van der Waals surface area contributed by atoms with Gasteiger partial charge in [-0.05, 0) is 19.3 Å². The molecule has 6 nitrogen and oxygen atoms in total. The fraction of sp³-hybridized carbons (Fsp3) is 0.692. The van der Waals surface area contributed by atoms with Crippen molar-refractivity contribution < 1.29 is 9.47 Å². The summed E-state index contributed by atoms with van der Waals surface area (Å²) in [6.45, 7) is 4.71. The van der Waals surface area contributed by atoms with Gasteiger partial charge in [-0.2, -0.15) is 4.98 Å². The van der Waals surface area contributed by atoms with E-state index in [0.717, 1.165) is 32.5 Å². The number of anilines is 1. The molecule has 0 spiro atoms. The lowest BCUT2D eigenvalue weighted by Crippen LogP contribution is -2.49. The Hall–Kier alpha value is -1.40. The Balaban J connectivity index is 2.04. The predicted octanol–water partition coefficient (Wildman–Crippen LogP) is 1.19. The van der Waals surface area contributed by atoms with Crippen LogP contribution >= 0.6 is 0 Å². The van der Waals surface area contributed by atoms with E-state index in [1.807, 2.05) is 0 Å². The van der Waals surface area contributed by atoms with E-state index in [-0.39, 0.29) is 5.54 Å². The second-order valence-electron chi connectivity index (χ2n) is 4.81. The monoisotopic (exact) mass is 266 g/mol. The quantitative estimate of drug-likeness (QED) is 0.804. The first kappa shape index (κ1) is 14.0. The van der Waals surface area contributed by atoms with E-state index in [0.29, 0.717) is 24.8 Å². The van der Waals surface area contributed by atoms with E-state index in [1.165, 1.54) is 0 Å². The molecule has 2 rings (SSSR count). The maximum atomic E-state index is 5.91. The minimum absolute atomic E-state index is 0.143. The zero-order valence-corrected chi connectivity index (χ0v) is 11.4. The van der Waals surface area contributed by atoms with E-state index >= 15 is 0 Å². The third kappa shape index (κ3) is 3.78. The highest BCUT2D eigenvalue weighted by Crippen LogP contribution is 2.24. The molecule has 0 bridgehead atoms. The van der Waals surface area contributed by atoms with Crippen molar-refractivity contribution in [3.05, 3.63) is 12.4 Å². The average molecular weight is 266 g/mol. The van der Waals surface area contributed by atoms with Crippen molar-refractivity contribution in [2.75, 3.05) is 31.7 Å². The summed E-state index contributed by atoms with van der Waals surface area (Å²) in [7, 11) is 0. The predicted molar refractivity (Wildman–Crippen MR) is 73.3 cm³/mol. The van der Waals surface area contributed by atoms with Crippen LogP contribution in [0.25, 0.3) is 0 Å². The van der Waals surface area contributed by atoms with Crippen molar-refractivity contribution in [2.24, 2.45) is 5.73 Å². The molecule has 6 heteroatoms. The molecule has 1 aliphatic rings. The SMILES string of the molecule is CCCOc1cncc(NC2(CN)CCOCC2)n1. The van der Waals surface area contributed by atoms with Crippen LogP contribution in [0.2, 0.25) is 0 Å². The molecule has 0 unspecified atom stereocenters. The van der Waals surface area contributed by atoms with Gasteiger partial charge in [0.1, 0.15) is 5.82 Å². The molecule has 1 saturated heterocycles. The molecular weight excluding hydrogens is 244 g/mol. The molecule has 2 heterocycles. The third-order valence-electron chi connectivity index (χ3n) is 3.30. The number of ether oxygens (including phenoxy) is 2. The minimum atomic E-state index is -0.143. The van der Waals surface area contributed by atoms with Gasteiger partial charge in [0.05, 0.1) is 24.5 Å². The molecule has 0 radical (unpaired) electrons. The van der Waals surface area contributed by atoms with Crippen LogP contribution < -0.4 is 15.8 Å². The molecule has 1 aliphatic heterocycles.